The lowest BCUT2D eigenvalue weighted by molar-refractivity contribution is 0.768. The fourth-order valence-corrected chi connectivity index (χ4v) is 2.30. The maximum atomic E-state index is 5.74. The van der Waals surface area contributed by atoms with Crippen LogP contribution in [-0.2, 0) is 7.05 Å². The number of benzene rings is 1. The maximum absolute atomic E-state index is 5.74. The van der Waals surface area contributed by atoms with E-state index in [9.17, 15) is 0 Å². The summed E-state index contributed by atoms with van der Waals surface area (Å²) in [5.41, 5.74) is 9.12. The zero-order chi connectivity index (χ0) is 14.8. The van der Waals surface area contributed by atoms with Gasteiger partial charge in [-0.25, -0.2) is 9.97 Å². The predicted octanol–water partition coefficient (Wildman–Crippen LogP) is 2.61. The second kappa shape index (κ2) is 5.36. The molecule has 5 heteroatoms. The average Bonchev–Trinajstić information content (AvgIpc) is 2.93. The quantitative estimate of drug-likeness (QED) is 0.800. The van der Waals surface area contributed by atoms with E-state index in [-0.39, 0.29) is 5.92 Å². The third-order valence-electron chi connectivity index (χ3n) is 3.51. The summed E-state index contributed by atoms with van der Waals surface area (Å²) in [4.78, 5) is 8.62. The van der Waals surface area contributed by atoms with Gasteiger partial charge in [-0.1, -0.05) is 31.2 Å². The number of aryl methyl sites for hydroxylation is 1. The van der Waals surface area contributed by atoms with Gasteiger partial charge in [0, 0.05) is 30.9 Å². The highest BCUT2D eigenvalue weighted by Gasteiger charge is 2.12. The lowest BCUT2D eigenvalue weighted by Gasteiger charge is -2.12. The molecule has 0 aliphatic rings. The van der Waals surface area contributed by atoms with Gasteiger partial charge in [0.25, 0.3) is 0 Å². The third-order valence-corrected chi connectivity index (χ3v) is 3.51. The zero-order valence-corrected chi connectivity index (χ0v) is 12.1. The molecule has 0 fully saturated rings. The molecule has 2 N–H and O–H groups in total. The SMILES string of the molecule is CC(c1cccc(-c2cnn(C)c2)c1)c1nccc(N)n1. The molecule has 3 rings (SSSR count). The number of anilines is 1. The summed E-state index contributed by atoms with van der Waals surface area (Å²) in [7, 11) is 1.91. The van der Waals surface area contributed by atoms with E-state index in [0.29, 0.717) is 5.82 Å². The Morgan fingerprint density at radius 1 is 1.19 bits per heavy atom. The van der Waals surface area contributed by atoms with Crippen molar-refractivity contribution in [1.82, 2.24) is 19.7 Å². The first kappa shape index (κ1) is 13.3. The monoisotopic (exact) mass is 279 g/mol. The van der Waals surface area contributed by atoms with Crippen LogP contribution in [0.4, 0.5) is 5.82 Å². The molecule has 106 valence electrons. The minimum Gasteiger partial charge on any atom is -0.384 e. The average molecular weight is 279 g/mol. The first-order valence-corrected chi connectivity index (χ1v) is 6.81. The van der Waals surface area contributed by atoms with E-state index in [2.05, 4.69) is 40.2 Å². The van der Waals surface area contributed by atoms with Crippen molar-refractivity contribution in [1.29, 1.82) is 0 Å². The number of nitrogens with zero attached hydrogens (tertiary/aromatic N) is 4. The first-order valence-electron chi connectivity index (χ1n) is 6.81. The van der Waals surface area contributed by atoms with Crippen molar-refractivity contribution in [3.05, 3.63) is 60.3 Å². The molecule has 2 aromatic heterocycles. The number of rotatable bonds is 3. The Bertz CT molecular complexity index is 763. The molecule has 0 saturated carbocycles. The molecule has 0 saturated heterocycles. The van der Waals surface area contributed by atoms with Crippen LogP contribution in [0.25, 0.3) is 11.1 Å². The fraction of sp³-hybridized carbons (Fsp3) is 0.188. The largest absolute Gasteiger partial charge is 0.384 e. The smallest absolute Gasteiger partial charge is 0.137 e. The number of nitrogen functional groups attached to an aromatic ring is 1. The topological polar surface area (TPSA) is 69.6 Å². The van der Waals surface area contributed by atoms with Crippen LogP contribution in [0, 0.1) is 0 Å². The molecule has 0 radical (unpaired) electrons. The Morgan fingerprint density at radius 3 is 2.76 bits per heavy atom. The number of aromatic nitrogens is 4. The molecule has 5 nitrogen and oxygen atoms in total. The van der Waals surface area contributed by atoms with Crippen molar-refractivity contribution in [2.75, 3.05) is 5.73 Å². The molecule has 2 heterocycles. The molecular formula is C16H17N5. The second-order valence-corrected chi connectivity index (χ2v) is 5.09. The highest BCUT2D eigenvalue weighted by Crippen LogP contribution is 2.26. The Morgan fingerprint density at radius 2 is 2.05 bits per heavy atom. The Balaban J connectivity index is 1.96. The van der Waals surface area contributed by atoms with Crippen molar-refractivity contribution >= 4 is 5.82 Å². The fourth-order valence-electron chi connectivity index (χ4n) is 2.30. The van der Waals surface area contributed by atoms with Crippen LogP contribution in [0.2, 0.25) is 0 Å². The Labute approximate surface area is 123 Å². The van der Waals surface area contributed by atoms with Gasteiger partial charge in [-0.15, -0.1) is 0 Å². The molecule has 21 heavy (non-hydrogen) atoms. The van der Waals surface area contributed by atoms with Crippen LogP contribution in [0.1, 0.15) is 24.2 Å². The summed E-state index contributed by atoms with van der Waals surface area (Å²) in [5, 5.41) is 4.21. The number of nitrogens with two attached hydrogens (primary N) is 1. The van der Waals surface area contributed by atoms with Gasteiger partial charge in [0.1, 0.15) is 11.6 Å². The Hall–Kier alpha value is -2.69. The minimum atomic E-state index is 0.0881. The van der Waals surface area contributed by atoms with Crippen LogP contribution < -0.4 is 5.73 Å². The molecule has 0 bridgehead atoms. The maximum Gasteiger partial charge on any atom is 0.137 e. The molecule has 1 aromatic carbocycles. The predicted molar refractivity (Wildman–Crippen MR) is 82.6 cm³/mol. The van der Waals surface area contributed by atoms with Crippen molar-refractivity contribution in [3.8, 4) is 11.1 Å². The Kier molecular flexibility index (Phi) is 3.39. The number of hydrogen-bond acceptors (Lipinski definition) is 4. The molecule has 0 spiro atoms. The van der Waals surface area contributed by atoms with Crippen LogP contribution in [-0.4, -0.2) is 19.7 Å². The van der Waals surface area contributed by atoms with E-state index >= 15 is 0 Å². The van der Waals surface area contributed by atoms with Gasteiger partial charge in [-0.3, -0.25) is 4.68 Å². The normalized spacial score (nSPS) is 12.3. The van der Waals surface area contributed by atoms with Crippen molar-refractivity contribution in [2.45, 2.75) is 12.8 Å². The summed E-state index contributed by atoms with van der Waals surface area (Å²) < 4.78 is 1.80. The van der Waals surface area contributed by atoms with Crippen molar-refractivity contribution in [3.63, 3.8) is 0 Å². The molecule has 3 aromatic rings. The van der Waals surface area contributed by atoms with Crippen LogP contribution in [0.5, 0.6) is 0 Å². The van der Waals surface area contributed by atoms with Gasteiger partial charge in [0.2, 0.25) is 0 Å². The second-order valence-electron chi connectivity index (χ2n) is 5.09. The van der Waals surface area contributed by atoms with Crippen LogP contribution >= 0.6 is 0 Å². The van der Waals surface area contributed by atoms with E-state index in [1.165, 1.54) is 0 Å². The summed E-state index contributed by atoms with van der Waals surface area (Å²) in [6.45, 7) is 2.08. The van der Waals surface area contributed by atoms with Crippen molar-refractivity contribution < 1.29 is 0 Å². The van der Waals surface area contributed by atoms with Gasteiger partial charge < -0.3 is 5.73 Å². The summed E-state index contributed by atoms with van der Waals surface area (Å²) in [6.07, 6.45) is 5.56. The van der Waals surface area contributed by atoms with Crippen LogP contribution in [0.15, 0.2) is 48.9 Å². The zero-order valence-electron chi connectivity index (χ0n) is 12.1. The van der Waals surface area contributed by atoms with Gasteiger partial charge in [-0.05, 0) is 17.2 Å². The molecule has 0 aliphatic carbocycles. The van der Waals surface area contributed by atoms with Gasteiger partial charge >= 0.3 is 0 Å². The van der Waals surface area contributed by atoms with E-state index < -0.39 is 0 Å². The highest BCUT2D eigenvalue weighted by atomic mass is 15.2. The molecule has 1 atom stereocenters. The molecular weight excluding hydrogens is 262 g/mol. The van der Waals surface area contributed by atoms with E-state index in [4.69, 9.17) is 5.73 Å². The highest BCUT2D eigenvalue weighted by molar-refractivity contribution is 5.62. The lowest BCUT2D eigenvalue weighted by atomic mass is 9.96. The lowest BCUT2D eigenvalue weighted by Crippen LogP contribution is -2.04. The minimum absolute atomic E-state index is 0.0881. The van der Waals surface area contributed by atoms with Gasteiger partial charge in [-0.2, -0.15) is 5.10 Å². The summed E-state index contributed by atoms with van der Waals surface area (Å²) in [6, 6.07) is 10.0. The number of hydrogen-bond donors (Lipinski definition) is 1. The standard InChI is InChI=1S/C16H17N5/c1-11(16-18-7-6-15(17)20-16)12-4-3-5-13(8-12)14-9-19-21(2)10-14/h3-11H,1-2H3,(H2,17,18,20). The molecule has 0 aliphatic heterocycles. The molecule has 1 unspecified atom stereocenters. The van der Waals surface area contributed by atoms with Gasteiger partial charge in [0.05, 0.1) is 6.20 Å². The molecule has 0 amide bonds. The van der Waals surface area contributed by atoms with E-state index in [1.54, 1.807) is 16.9 Å². The summed E-state index contributed by atoms with van der Waals surface area (Å²) in [5.74, 6) is 1.32. The van der Waals surface area contributed by atoms with Crippen molar-refractivity contribution in [2.24, 2.45) is 7.05 Å². The van der Waals surface area contributed by atoms with Crippen LogP contribution in [0.3, 0.4) is 0 Å². The van der Waals surface area contributed by atoms with Gasteiger partial charge in [0.15, 0.2) is 0 Å². The first-order chi connectivity index (χ1) is 10.1. The van der Waals surface area contributed by atoms with E-state index in [1.807, 2.05) is 25.5 Å². The third kappa shape index (κ3) is 2.76. The van der Waals surface area contributed by atoms with E-state index in [0.717, 1.165) is 22.5 Å². The summed E-state index contributed by atoms with van der Waals surface area (Å²) >= 11 is 0.